The van der Waals surface area contributed by atoms with E-state index in [-0.39, 0.29) is 17.7 Å². The van der Waals surface area contributed by atoms with Crippen LogP contribution < -0.4 is 15.0 Å². The Labute approximate surface area is 207 Å². The number of ether oxygens (including phenoxy) is 2. The minimum Gasteiger partial charge on any atom is -0.465 e. The van der Waals surface area contributed by atoms with E-state index < -0.39 is 18.4 Å². The van der Waals surface area contributed by atoms with Crippen LogP contribution in [0.15, 0.2) is 72.8 Å². The molecule has 6 nitrogen and oxygen atoms in total. The summed E-state index contributed by atoms with van der Waals surface area (Å²) in [6.45, 7) is 6.43. The number of urea groups is 1. The number of hydrogen-bond donors (Lipinski definition) is 1. The largest absolute Gasteiger partial charge is 0.573 e. The molecular formula is C27H27F3N2O4. The van der Waals surface area contributed by atoms with Crippen LogP contribution in [0, 0.1) is 0 Å². The zero-order valence-electron chi connectivity index (χ0n) is 20.3. The van der Waals surface area contributed by atoms with Crippen molar-refractivity contribution in [1.82, 2.24) is 0 Å². The zero-order chi connectivity index (χ0) is 26.5. The number of alkyl halides is 3. The summed E-state index contributed by atoms with van der Waals surface area (Å²) in [6.07, 6.45) is -4.80. The third-order valence-corrected chi connectivity index (χ3v) is 5.35. The number of benzene rings is 3. The van der Waals surface area contributed by atoms with E-state index in [1.165, 1.54) is 24.1 Å². The van der Waals surface area contributed by atoms with Crippen LogP contribution in [0.4, 0.5) is 29.3 Å². The number of carbonyl (C=O) groups excluding carboxylic acids is 2. The number of esters is 1. The lowest BCUT2D eigenvalue weighted by atomic mass is 9.87. The highest BCUT2D eigenvalue weighted by Gasteiger charge is 2.31. The van der Waals surface area contributed by atoms with Gasteiger partial charge in [0.05, 0.1) is 19.2 Å². The maximum atomic E-state index is 13.3. The van der Waals surface area contributed by atoms with Gasteiger partial charge in [0.1, 0.15) is 5.75 Å². The number of rotatable bonds is 6. The zero-order valence-corrected chi connectivity index (χ0v) is 20.3. The monoisotopic (exact) mass is 500 g/mol. The van der Waals surface area contributed by atoms with Gasteiger partial charge in [0.2, 0.25) is 0 Å². The maximum absolute atomic E-state index is 13.3. The molecule has 0 aliphatic carbocycles. The van der Waals surface area contributed by atoms with E-state index in [0.717, 1.165) is 23.3 Å². The summed E-state index contributed by atoms with van der Waals surface area (Å²) in [6, 6.07) is 18.6. The van der Waals surface area contributed by atoms with Crippen molar-refractivity contribution >= 4 is 23.4 Å². The number of nitrogens with zero attached hydrogens (tertiary/aromatic N) is 1. The first-order chi connectivity index (χ1) is 16.9. The lowest BCUT2D eigenvalue weighted by Gasteiger charge is -2.25. The van der Waals surface area contributed by atoms with Crippen molar-refractivity contribution in [3.63, 3.8) is 0 Å². The Hall–Kier alpha value is -4.01. The van der Waals surface area contributed by atoms with E-state index in [1.807, 2.05) is 24.3 Å². The van der Waals surface area contributed by atoms with Crippen molar-refractivity contribution in [1.29, 1.82) is 0 Å². The van der Waals surface area contributed by atoms with Crippen molar-refractivity contribution in [2.24, 2.45) is 0 Å². The number of nitrogens with one attached hydrogen (secondary N) is 1. The molecule has 0 unspecified atom stereocenters. The molecule has 0 spiro atoms. The Morgan fingerprint density at radius 3 is 1.94 bits per heavy atom. The molecule has 0 aromatic heterocycles. The van der Waals surface area contributed by atoms with Gasteiger partial charge in [-0.25, -0.2) is 9.59 Å². The van der Waals surface area contributed by atoms with Crippen LogP contribution in [0.1, 0.15) is 42.3 Å². The molecule has 0 saturated heterocycles. The minimum atomic E-state index is -4.80. The fourth-order valence-corrected chi connectivity index (χ4v) is 3.40. The number of hydrogen-bond acceptors (Lipinski definition) is 4. The Morgan fingerprint density at radius 2 is 1.44 bits per heavy atom. The van der Waals surface area contributed by atoms with Crippen LogP contribution in [-0.4, -0.2) is 25.5 Å². The predicted molar refractivity (Wildman–Crippen MR) is 131 cm³/mol. The van der Waals surface area contributed by atoms with Gasteiger partial charge in [-0.15, -0.1) is 13.2 Å². The SMILES string of the molecule is COC(=O)c1ccc(CN(C(=O)Nc2ccc(OC(F)(F)F)cc2)c2ccc(C(C)(C)C)cc2)cc1. The molecule has 190 valence electrons. The third kappa shape index (κ3) is 7.24. The van der Waals surface area contributed by atoms with E-state index in [2.05, 4.69) is 30.8 Å². The Kier molecular flexibility index (Phi) is 7.92. The summed E-state index contributed by atoms with van der Waals surface area (Å²) < 4.78 is 45.9. The van der Waals surface area contributed by atoms with Gasteiger partial charge in [-0.05, 0) is 65.1 Å². The van der Waals surface area contributed by atoms with E-state index in [9.17, 15) is 22.8 Å². The highest BCUT2D eigenvalue weighted by molar-refractivity contribution is 6.01. The molecule has 36 heavy (non-hydrogen) atoms. The fourth-order valence-electron chi connectivity index (χ4n) is 3.40. The second-order valence-corrected chi connectivity index (χ2v) is 9.07. The molecule has 9 heteroatoms. The number of amides is 2. The van der Waals surface area contributed by atoms with Crippen LogP contribution >= 0.6 is 0 Å². The van der Waals surface area contributed by atoms with Crippen molar-refractivity contribution < 1.29 is 32.2 Å². The molecule has 0 fully saturated rings. The predicted octanol–water partition coefficient (Wildman–Crippen LogP) is 6.91. The molecule has 0 radical (unpaired) electrons. The number of methoxy groups -OCH3 is 1. The molecule has 0 saturated carbocycles. The number of halogens is 3. The Bertz CT molecular complexity index is 1180. The molecule has 0 atom stereocenters. The molecule has 1 N–H and O–H groups in total. The van der Waals surface area contributed by atoms with E-state index in [0.29, 0.717) is 16.9 Å². The first-order valence-electron chi connectivity index (χ1n) is 11.1. The average molecular weight is 501 g/mol. The highest BCUT2D eigenvalue weighted by atomic mass is 19.4. The van der Waals surface area contributed by atoms with Gasteiger partial charge in [-0.1, -0.05) is 45.0 Å². The number of carbonyl (C=O) groups is 2. The first-order valence-corrected chi connectivity index (χ1v) is 11.1. The maximum Gasteiger partial charge on any atom is 0.573 e. The Balaban J connectivity index is 1.85. The van der Waals surface area contributed by atoms with Gasteiger partial charge in [-0.3, -0.25) is 4.90 Å². The summed E-state index contributed by atoms with van der Waals surface area (Å²) in [5.74, 6) is -0.854. The summed E-state index contributed by atoms with van der Waals surface area (Å²) in [7, 11) is 1.30. The lowest BCUT2D eigenvalue weighted by Crippen LogP contribution is -2.34. The van der Waals surface area contributed by atoms with Crippen LogP contribution in [0.25, 0.3) is 0 Å². The summed E-state index contributed by atoms with van der Waals surface area (Å²) in [5, 5.41) is 2.71. The minimum absolute atomic E-state index is 0.0738. The van der Waals surface area contributed by atoms with Crippen LogP contribution in [0.3, 0.4) is 0 Å². The number of anilines is 2. The standard InChI is InChI=1S/C27H27F3N2O4/c1-26(2,3)20-9-13-22(14-10-20)32(17-18-5-7-19(8-6-18)24(33)35-4)25(34)31-21-11-15-23(16-12-21)36-27(28,29)30/h5-16H,17H2,1-4H3,(H,31,34). The second kappa shape index (κ2) is 10.7. The normalized spacial score (nSPS) is 11.5. The van der Waals surface area contributed by atoms with Crippen molar-refractivity contribution in [3.05, 3.63) is 89.5 Å². The molecule has 0 heterocycles. The molecule has 3 rings (SSSR count). The van der Waals surface area contributed by atoms with Gasteiger partial charge in [-0.2, -0.15) is 0 Å². The van der Waals surface area contributed by atoms with Crippen LogP contribution in [0.2, 0.25) is 0 Å². The van der Waals surface area contributed by atoms with E-state index >= 15 is 0 Å². The van der Waals surface area contributed by atoms with Crippen LogP contribution in [-0.2, 0) is 16.7 Å². The molecule has 0 bridgehead atoms. The van der Waals surface area contributed by atoms with Gasteiger partial charge < -0.3 is 14.8 Å². The average Bonchev–Trinajstić information content (AvgIpc) is 2.82. The van der Waals surface area contributed by atoms with E-state index in [1.54, 1.807) is 24.3 Å². The molecule has 3 aromatic carbocycles. The second-order valence-electron chi connectivity index (χ2n) is 9.07. The molecular weight excluding hydrogens is 473 g/mol. The van der Waals surface area contributed by atoms with Gasteiger partial charge in [0.25, 0.3) is 0 Å². The van der Waals surface area contributed by atoms with Crippen molar-refractivity contribution in [2.45, 2.75) is 39.1 Å². The Morgan fingerprint density at radius 1 is 0.861 bits per heavy atom. The van der Waals surface area contributed by atoms with Crippen molar-refractivity contribution in [3.8, 4) is 5.75 Å². The molecule has 2 amide bonds. The van der Waals surface area contributed by atoms with Crippen LogP contribution in [0.5, 0.6) is 5.75 Å². The highest BCUT2D eigenvalue weighted by Crippen LogP contribution is 2.27. The molecule has 0 aliphatic heterocycles. The summed E-state index contributed by atoms with van der Waals surface area (Å²) in [5.41, 5.74) is 3.07. The summed E-state index contributed by atoms with van der Waals surface area (Å²) in [4.78, 5) is 26.5. The first kappa shape index (κ1) is 26.6. The van der Waals surface area contributed by atoms with Gasteiger partial charge in [0, 0.05) is 11.4 Å². The molecule has 0 aliphatic rings. The van der Waals surface area contributed by atoms with Gasteiger partial charge >= 0.3 is 18.4 Å². The summed E-state index contributed by atoms with van der Waals surface area (Å²) >= 11 is 0. The fraction of sp³-hybridized carbons (Fsp3) is 0.259. The van der Waals surface area contributed by atoms with E-state index in [4.69, 9.17) is 4.74 Å². The van der Waals surface area contributed by atoms with Gasteiger partial charge in [0.15, 0.2) is 0 Å². The molecule has 3 aromatic rings. The lowest BCUT2D eigenvalue weighted by molar-refractivity contribution is -0.274. The third-order valence-electron chi connectivity index (χ3n) is 5.35. The van der Waals surface area contributed by atoms with Crippen molar-refractivity contribution in [2.75, 3.05) is 17.3 Å². The smallest absolute Gasteiger partial charge is 0.465 e. The quantitative estimate of drug-likeness (QED) is 0.374. The topological polar surface area (TPSA) is 67.9 Å².